The number of para-hydroxylation sites is 1. The van der Waals surface area contributed by atoms with Crippen LogP contribution in [0, 0.1) is 0 Å². The molecule has 5 rings (SSSR count). The van der Waals surface area contributed by atoms with Crippen LogP contribution in [0.25, 0.3) is 10.9 Å². The lowest BCUT2D eigenvalue weighted by molar-refractivity contribution is -0.148. The Hall–Kier alpha value is -4.37. The van der Waals surface area contributed by atoms with Crippen LogP contribution in [0.1, 0.15) is 50.4 Å². The molecular formula is C31H37N5O4. The Morgan fingerprint density at radius 1 is 1.07 bits per heavy atom. The van der Waals surface area contributed by atoms with Crippen molar-refractivity contribution >= 4 is 39.6 Å². The van der Waals surface area contributed by atoms with Gasteiger partial charge in [-0.1, -0.05) is 32.0 Å². The van der Waals surface area contributed by atoms with Crippen molar-refractivity contribution in [3.05, 3.63) is 77.5 Å². The molecule has 0 bridgehead atoms. The molecule has 0 amide bonds. The second-order valence-corrected chi connectivity index (χ2v) is 9.63. The zero-order chi connectivity index (χ0) is 28.7. The fourth-order valence-electron chi connectivity index (χ4n) is 5.04. The van der Waals surface area contributed by atoms with Gasteiger partial charge in [-0.05, 0) is 79.8 Å². The van der Waals surface area contributed by atoms with Crippen molar-refractivity contribution in [3.63, 3.8) is 0 Å². The van der Waals surface area contributed by atoms with Gasteiger partial charge in [0.05, 0.1) is 36.7 Å². The maximum absolute atomic E-state index is 11.3. The van der Waals surface area contributed by atoms with Crippen molar-refractivity contribution in [1.29, 1.82) is 0 Å². The van der Waals surface area contributed by atoms with Crippen LogP contribution in [-0.2, 0) is 28.0 Å². The van der Waals surface area contributed by atoms with Gasteiger partial charge >= 0.3 is 5.97 Å². The minimum atomic E-state index is -0.820. The monoisotopic (exact) mass is 543 g/mol. The molecule has 0 saturated heterocycles. The molecule has 40 heavy (non-hydrogen) atoms. The van der Waals surface area contributed by atoms with E-state index in [0.717, 1.165) is 35.5 Å². The smallest absolute Gasteiger partial charge is 0.306 e. The lowest BCUT2D eigenvalue weighted by atomic mass is 9.86. The number of carboxylic acid groups (broad SMARTS) is 1. The number of aliphatic carboxylic acids is 1. The highest BCUT2D eigenvalue weighted by Gasteiger charge is 2.40. The van der Waals surface area contributed by atoms with E-state index in [-0.39, 0.29) is 6.42 Å². The molecule has 0 saturated carbocycles. The first-order valence-corrected chi connectivity index (χ1v) is 13.6. The first-order chi connectivity index (χ1) is 19.3. The number of rotatable bonds is 8. The van der Waals surface area contributed by atoms with E-state index in [1.54, 1.807) is 18.2 Å². The SMILES string of the molecule is CCOc1ccc(N=Nc2ccc(N)cc2N)cc1.CCc1cccc2c3c([nH]c12)C(CC)(CC(=O)O)OCC3. The number of carbonyl (C=O) groups is 1. The summed E-state index contributed by atoms with van der Waals surface area (Å²) in [6.07, 6.45) is 2.45. The predicted octanol–water partition coefficient (Wildman–Crippen LogP) is 7.05. The van der Waals surface area contributed by atoms with E-state index in [1.807, 2.05) is 38.1 Å². The van der Waals surface area contributed by atoms with Gasteiger partial charge in [0.1, 0.15) is 17.0 Å². The van der Waals surface area contributed by atoms with Gasteiger partial charge in [0.2, 0.25) is 0 Å². The van der Waals surface area contributed by atoms with Crippen LogP contribution >= 0.6 is 0 Å². The van der Waals surface area contributed by atoms with E-state index < -0.39 is 11.6 Å². The Morgan fingerprint density at radius 2 is 1.85 bits per heavy atom. The molecule has 0 aliphatic carbocycles. The zero-order valence-electron chi connectivity index (χ0n) is 23.2. The topological polar surface area (TPSA) is 148 Å². The summed E-state index contributed by atoms with van der Waals surface area (Å²) in [4.78, 5) is 14.8. The quantitative estimate of drug-likeness (QED) is 0.138. The summed E-state index contributed by atoms with van der Waals surface area (Å²) in [6.45, 7) is 7.29. The van der Waals surface area contributed by atoms with Crippen LogP contribution in [0.5, 0.6) is 5.75 Å². The van der Waals surface area contributed by atoms with Crippen molar-refractivity contribution < 1.29 is 19.4 Å². The van der Waals surface area contributed by atoms with Crippen LogP contribution in [0.4, 0.5) is 22.7 Å². The summed E-state index contributed by atoms with van der Waals surface area (Å²) in [6, 6.07) is 18.8. The lowest BCUT2D eigenvalue weighted by Gasteiger charge is -2.35. The Bertz CT molecular complexity index is 1500. The number of benzene rings is 3. The molecule has 0 spiro atoms. The minimum Gasteiger partial charge on any atom is -0.494 e. The third kappa shape index (κ3) is 6.26. The Morgan fingerprint density at radius 3 is 2.50 bits per heavy atom. The Kier molecular flexibility index (Phi) is 9.06. The van der Waals surface area contributed by atoms with E-state index >= 15 is 0 Å². The molecule has 6 N–H and O–H groups in total. The highest BCUT2D eigenvalue weighted by atomic mass is 16.5. The maximum Gasteiger partial charge on any atom is 0.306 e. The molecule has 1 aliphatic rings. The highest BCUT2D eigenvalue weighted by Crippen LogP contribution is 2.42. The van der Waals surface area contributed by atoms with Crippen LogP contribution in [0.3, 0.4) is 0 Å². The van der Waals surface area contributed by atoms with Crippen molar-refractivity contribution in [3.8, 4) is 5.75 Å². The Labute approximate surface area is 234 Å². The number of aromatic nitrogens is 1. The second kappa shape index (κ2) is 12.7. The summed E-state index contributed by atoms with van der Waals surface area (Å²) < 4.78 is 11.3. The summed E-state index contributed by atoms with van der Waals surface area (Å²) in [7, 11) is 0. The largest absolute Gasteiger partial charge is 0.494 e. The molecule has 0 fully saturated rings. The van der Waals surface area contributed by atoms with E-state index in [2.05, 4.69) is 40.3 Å². The van der Waals surface area contributed by atoms with Gasteiger partial charge in [-0.15, -0.1) is 5.11 Å². The fourth-order valence-corrected chi connectivity index (χ4v) is 5.04. The van der Waals surface area contributed by atoms with Gasteiger partial charge in [0, 0.05) is 16.6 Å². The number of nitrogen functional groups attached to an aromatic ring is 2. The first kappa shape index (κ1) is 28.6. The molecule has 0 radical (unpaired) electrons. The zero-order valence-corrected chi connectivity index (χ0v) is 23.2. The predicted molar refractivity (Wildman–Crippen MR) is 159 cm³/mol. The van der Waals surface area contributed by atoms with Crippen molar-refractivity contribution in [2.45, 2.75) is 52.1 Å². The molecule has 9 nitrogen and oxygen atoms in total. The highest BCUT2D eigenvalue weighted by molar-refractivity contribution is 5.88. The molecular weight excluding hydrogens is 506 g/mol. The first-order valence-electron chi connectivity index (χ1n) is 13.6. The van der Waals surface area contributed by atoms with E-state index in [4.69, 9.17) is 20.9 Å². The van der Waals surface area contributed by atoms with Crippen molar-refractivity contribution in [2.24, 2.45) is 10.2 Å². The van der Waals surface area contributed by atoms with Crippen molar-refractivity contribution in [2.75, 3.05) is 24.7 Å². The summed E-state index contributed by atoms with van der Waals surface area (Å²) >= 11 is 0. The van der Waals surface area contributed by atoms with Crippen LogP contribution in [0.15, 0.2) is 70.9 Å². The summed E-state index contributed by atoms with van der Waals surface area (Å²) in [5, 5.41) is 18.7. The third-order valence-electron chi connectivity index (χ3n) is 7.07. The number of fused-ring (bicyclic) bond motifs is 3. The Balaban J connectivity index is 0.000000186. The second-order valence-electron chi connectivity index (χ2n) is 9.63. The van der Waals surface area contributed by atoms with Gasteiger partial charge < -0.3 is 31.0 Å². The molecule has 1 aliphatic heterocycles. The number of hydrogen-bond donors (Lipinski definition) is 4. The number of nitrogens with zero attached hydrogens (tertiary/aromatic N) is 2. The number of ether oxygens (including phenoxy) is 2. The summed E-state index contributed by atoms with van der Waals surface area (Å²) in [5.74, 6) is -0.00693. The number of anilines is 2. The van der Waals surface area contributed by atoms with Crippen molar-refractivity contribution in [1.82, 2.24) is 4.98 Å². The molecule has 3 aromatic carbocycles. The number of azo groups is 1. The van der Waals surface area contributed by atoms with Gasteiger partial charge in [-0.25, -0.2) is 0 Å². The lowest BCUT2D eigenvalue weighted by Crippen LogP contribution is -2.37. The fraction of sp³-hybridized carbons (Fsp3) is 0.323. The van der Waals surface area contributed by atoms with Gasteiger partial charge in [-0.2, -0.15) is 5.11 Å². The number of hydrogen-bond acceptors (Lipinski definition) is 7. The molecule has 1 unspecified atom stereocenters. The van der Waals surface area contributed by atoms with Gasteiger partial charge in [0.15, 0.2) is 0 Å². The number of nitrogens with two attached hydrogens (primary N) is 2. The van der Waals surface area contributed by atoms with E-state index in [0.29, 0.717) is 36.7 Å². The number of carboxylic acids is 1. The van der Waals surface area contributed by atoms with Crippen LogP contribution in [-0.4, -0.2) is 29.3 Å². The molecule has 9 heteroatoms. The molecule has 1 atom stereocenters. The number of H-pyrrole nitrogens is 1. The molecule has 2 heterocycles. The van der Waals surface area contributed by atoms with E-state index in [1.165, 1.54) is 16.5 Å². The average Bonchev–Trinajstić information content (AvgIpc) is 3.34. The molecule has 1 aromatic heterocycles. The third-order valence-corrected chi connectivity index (χ3v) is 7.07. The van der Waals surface area contributed by atoms with Gasteiger partial charge in [-0.3, -0.25) is 4.79 Å². The molecule has 210 valence electrons. The minimum absolute atomic E-state index is 0.00474. The number of aryl methyl sites for hydroxylation is 1. The standard InChI is InChI=1S/C17H21NO3.C14H16N4O/c1-3-11-6-5-7-12-13-8-9-21-17(4-2,10-14(19)20)16(13)18-15(11)12;1-2-19-12-6-4-11(5-7-12)17-18-14-8-3-10(15)9-13(14)16/h5-7,18H,3-4,8-10H2,1-2H3,(H,19,20);3-9H,2,15-16H2,1H3. The molecule has 4 aromatic rings. The van der Waals surface area contributed by atoms with E-state index in [9.17, 15) is 9.90 Å². The van der Waals surface area contributed by atoms with Gasteiger partial charge in [0.25, 0.3) is 0 Å². The number of aromatic amines is 1. The average molecular weight is 544 g/mol. The van der Waals surface area contributed by atoms with Crippen LogP contribution in [0.2, 0.25) is 0 Å². The summed E-state index contributed by atoms with van der Waals surface area (Å²) in [5.41, 5.74) is 17.7. The normalized spacial score (nSPS) is 16.4. The number of nitrogens with one attached hydrogen (secondary N) is 1. The van der Waals surface area contributed by atoms with Crippen LogP contribution < -0.4 is 16.2 Å². The maximum atomic E-state index is 11.3.